The Balaban J connectivity index is 1.77. The first kappa shape index (κ1) is 9.47. The standard InChI is InChI=1S/C11H21NO/c1-8(9-6-7-9)12-10-4-2-3-5-11(10)13/h8-13H,2-7H2,1H3/t8-,10+,11+/m1/s1. The first-order valence-electron chi connectivity index (χ1n) is 5.71. The lowest BCUT2D eigenvalue weighted by Crippen LogP contribution is -2.46. The van der Waals surface area contributed by atoms with Crippen molar-refractivity contribution in [2.24, 2.45) is 5.92 Å². The van der Waals surface area contributed by atoms with Crippen molar-refractivity contribution < 1.29 is 5.11 Å². The van der Waals surface area contributed by atoms with Crippen LogP contribution in [0.15, 0.2) is 0 Å². The third-order valence-corrected chi connectivity index (χ3v) is 3.54. The maximum Gasteiger partial charge on any atom is 0.0693 e. The minimum atomic E-state index is -0.0880. The molecule has 13 heavy (non-hydrogen) atoms. The van der Waals surface area contributed by atoms with Crippen molar-refractivity contribution in [1.29, 1.82) is 0 Å². The molecule has 3 atom stereocenters. The molecule has 0 heterocycles. The Kier molecular flexibility index (Phi) is 2.89. The molecule has 2 nitrogen and oxygen atoms in total. The van der Waals surface area contributed by atoms with E-state index in [-0.39, 0.29) is 6.10 Å². The summed E-state index contributed by atoms with van der Waals surface area (Å²) >= 11 is 0. The number of aliphatic hydroxyl groups excluding tert-OH is 1. The molecule has 2 aliphatic carbocycles. The van der Waals surface area contributed by atoms with Crippen LogP contribution in [0.1, 0.15) is 45.4 Å². The van der Waals surface area contributed by atoms with Crippen LogP contribution in [-0.2, 0) is 0 Å². The van der Waals surface area contributed by atoms with Crippen molar-refractivity contribution in [3.8, 4) is 0 Å². The maximum absolute atomic E-state index is 9.76. The van der Waals surface area contributed by atoms with Gasteiger partial charge in [-0.05, 0) is 38.5 Å². The van der Waals surface area contributed by atoms with Gasteiger partial charge < -0.3 is 10.4 Å². The molecule has 2 aliphatic rings. The Bertz CT molecular complexity index is 167. The molecule has 0 aromatic rings. The molecule has 0 spiro atoms. The molecule has 2 N–H and O–H groups in total. The van der Waals surface area contributed by atoms with Crippen LogP contribution in [0.3, 0.4) is 0 Å². The summed E-state index contributed by atoms with van der Waals surface area (Å²) in [5.74, 6) is 0.897. The van der Waals surface area contributed by atoms with E-state index in [4.69, 9.17) is 0 Å². The van der Waals surface area contributed by atoms with Gasteiger partial charge in [0.1, 0.15) is 0 Å². The second kappa shape index (κ2) is 3.97. The molecule has 0 unspecified atom stereocenters. The van der Waals surface area contributed by atoms with E-state index in [2.05, 4.69) is 12.2 Å². The molecular formula is C11H21NO. The van der Waals surface area contributed by atoms with Gasteiger partial charge >= 0.3 is 0 Å². The van der Waals surface area contributed by atoms with Crippen LogP contribution in [-0.4, -0.2) is 23.3 Å². The lowest BCUT2D eigenvalue weighted by Gasteiger charge is -2.31. The molecule has 2 saturated carbocycles. The summed E-state index contributed by atoms with van der Waals surface area (Å²) in [5, 5.41) is 13.3. The summed E-state index contributed by atoms with van der Waals surface area (Å²) in [7, 11) is 0. The molecular weight excluding hydrogens is 162 g/mol. The number of aliphatic hydroxyl groups is 1. The predicted octanol–water partition coefficient (Wildman–Crippen LogP) is 1.68. The van der Waals surface area contributed by atoms with Crippen molar-refractivity contribution in [2.45, 2.75) is 63.6 Å². The summed E-state index contributed by atoms with van der Waals surface area (Å²) < 4.78 is 0. The molecule has 0 aromatic carbocycles. The smallest absolute Gasteiger partial charge is 0.0693 e. The number of rotatable bonds is 3. The molecule has 2 heteroatoms. The van der Waals surface area contributed by atoms with Crippen LogP contribution < -0.4 is 5.32 Å². The lowest BCUT2D eigenvalue weighted by molar-refractivity contribution is 0.0845. The zero-order valence-corrected chi connectivity index (χ0v) is 8.50. The van der Waals surface area contributed by atoms with E-state index >= 15 is 0 Å². The van der Waals surface area contributed by atoms with Crippen LogP contribution in [0.25, 0.3) is 0 Å². The minimum Gasteiger partial charge on any atom is -0.392 e. The van der Waals surface area contributed by atoms with Crippen LogP contribution in [0, 0.1) is 5.92 Å². The van der Waals surface area contributed by atoms with E-state index in [1.807, 2.05) is 0 Å². The zero-order chi connectivity index (χ0) is 9.26. The van der Waals surface area contributed by atoms with Gasteiger partial charge in [0.05, 0.1) is 6.10 Å². The number of hydrogen-bond acceptors (Lipinski definition) is 2. The molecule has 0 amide bonds. The van der Waals surface area contributed by atoms with Gasteiger partial charge in [-0.2, -0.15) is 0 Å². The van der Waals surface area contributed by atoms with Gasteiger partial charge in [-0.25, -0.2) is 0 Å². The minimum absolute atomic E-state index is 0.0880. The van der Waals surface area contributed by atoms with Gasteiger partial charge in [0.15, 0.2) is 0 Å². The van der Waals surface area contributed by atoms with Gasteiger partial charge in [-0.15, -0.1) is 0 Å². The van der Waals surface area contributed by atoms with Crippen molar-refractivity contribution in [2.75, 3.05) is 0 Å². The Hall–Kier alpha value is -0.0800. The molecule has 0 aromatic heterocycles. The molecule has 76 valence electrons. The fraction of sp³-hybridized carbons (Fsp3) is 1.00. The van der Waals surface area contributed by atoms with E-state index in [1.54, 1.807) is 0 Å². The number of hydrogen-bond donors (Lipinski definition) is 2. The highest BCUT2D eigenvalue weighted by Crippen LogP contribution is 2.33. The summed E-state index contributed by atoms with van der Waals surface area (Å²) in [6.45, 7) is 2.26. The van der Waals surface area contributed by atoms with Crippen LogP contribution in [0.2, 0.25) is 0 Å². The fourth-order valence-electron chi connectivity index (χ4n) is 2.38. The van der Waals surface area contributed by atoms with Crippen LogP contribution in [0.4, 0.5) is 0 Å². The normalized spacial score (nSPS) is 37.4. The molecule has 0 saturated heterocycles. The van der Waals surface area contributed by atoms with E-state index in [9.17, 15) is 5.11 Å². The highest BCUT2D eigenvalue weighted by molar-refractivity contribution is 4.89. The van der Waals surface area contributed by atoms with E-state index in [1.165, 1.54) is 25.7 Å². The topological polar surface area (TPSA) is 32.3 Å². The Morgan fingerprint density at radius 1 is 1.15 bits per heavy atom. The Morgan fingerprint density at radius 2 is 1.85 bits per heavy atom. The average molecular weight is 183 g/mol. The lowest BCUT2D eigenvalue weighted by atomic mass is 9.92. The molecule has 0 bridgehead atoms. The van der Waals surface area contributed by atoms with Crippen LogP contribution >= 0.6 is 0 Å². The van der Waals surface area contributed by atoms with Crippen molar-refractivity contribution in [3.05, 3.63) is 0 Å². The summed E-state index contributed by atoms with van der Waals surface area (Å²) in [6.07, 6.45) is 7.33. The van der Waals surface area contributed by atoms with Crippen molar-refractivity contribution >= 4 is 0 Å². The van der Waals surface area contributed by atoms with Gasteiger partial charge in [0, 0.05) is 12.1 Å². The van der Waals surface area contributed by atoms with Crippen molar-refractivity contribution in [1.82, 2.24) is 5.32 Å². The molecule has 2 fully saturated rings. The second-order valence-corrected chi connectivity index (χ2v) is 4.75. The van der Waals surface area contributed by atoms with E-state index < -0.39 is 0 Å². The molecule has 0 radical (unpaired) electrons. The predicted molar refractivity (Wildman–Crippen MR) is 53.6 cm³/mol. The first-order chi connectivity index (χ1) is 6.27. The average Bonchev–Trinajstić information content (AvgIpc) is 2.91. The highest BCUT2D eigenvalue weighted by atomic mass is 16.3. The van der Waals surface area contributed by atoms with Crippen molar-refractivity contribution in [3.63, 3.8) is 0 Å². The summed E-state index contributed by atoms with van der Waals surface area (Å²) in [6, 6.07) is 1.00. The molecule has 2 rings (SSSR count). The van der Waals surface area contributed by atoms with E-state index in [0.29, 0.717) is 12.1 Å². The fourth-order valence-corrected chi connectivity index (χ4v) is 2.38. The second-order valence-electron chi connectivity index (χ2n) is 4.75. The Labute approximate surface area is 80.7 Å². The quantitative estimate of drug-likeness (QED) is 0.697. The van der Waals surface area contributed by atoms with Gasteiger partial charge in [0.25, 0.3) is 0 Å². The Morgan fingerprint density at radius 3 is 2.46 bits per heavy atom. The third kappa shape index (κ3) is 2.44. The molecule has 0 aliphatic heterocycles. The largest absolute Gasteiger partial charge is 0.392 e. The highest BCUT2D eigenvalue weighted by Gasteiger charge is 2.31. The SMILES string of the molecule is C[C@@H](N[C@H]1CCCC[C@@H]1O)C1CC1. The maximum atomic E-state index is 9.76. The first-order valence-corrected chi connectivity index (χ1v) is 5.71. The van der Waals surface area contributed by atoms with Gasteiger partial charge in [0.2, 0.25) is 0 Å². The number of nitrogens with one attached hydrogen (secondary N) is 1. The van der Waals surface area contributed by atoms with E-state index in [0.717, 1.165) is 18.8 Å². The third-order valence-electron chi connectivity index (χ3n) is 3.54. The summed E-state index contributed by atoms with van der Waals surface area (Å²) in [5.41, 5.74) is 0. The van der Waals surface area contributed by atoms with Gasteiger partial charge in [-0.1, -0.05) is 12.8 Å². The monoisotopic (exact) mass is 183 g/mol. The zero-order valence-electron chi connectivity index (χ0n) is 8.50. The van der Waals surface area contributed by atoms with Gasteiger partial charge in [-0.3, -0.25) is 0 Å². The van der Waals surface area contributed by atoms with Crippen LogP contribution in [0.5, 0.6) is 0 Å². The summed E-state index contributed by atoms with van der Waals surface area (Å²) in [4.78, 5) is 0.